The topological polar surface area (TPSA) is 121 Å². The molecule has 0 aliphatic carbocycles. The fraction of sp³-hybridized carbons (Fsp3) is 0.348. The van der Waals surface area contributed by atoms with Crippen molar-refractivity contribution >= 4 is 18.9 Å². The van der Waals surface area contributed by atoms with Crippen molar-refractivity contribution < 1.29 is 43.2 Å². The van der Waals surface area contributed by atoms with Gasteiger partial charge in [-0.25, -0.2) is 0 Å². The van der Waals surface area contributed by atoms with Crippen LogP contribution >= 0.6 is 0 Å². The number of carbonyl (C=O) groups excluding carboxylic acids is 3. The van der Waals surface area contributed by atoms with E-state index in [1.165, 1.54) is 33.5 Å². The third-order valence-corrected chi connectivity index (χ3v) is 6.06. The van der Waals surface area contributed by atoms with Crippen LogP contribution in [0.4, 0.5) is 0 Å². The Labute approximate surface area is 189 Å². The molecule has 3 atom stereocenters. The number of aliphatic hydroxyl groups excluding tert-OH is 1. The van der Waals surface area contributed by atoms with Crippen molar-refractivity contribution in [3.8, 4) is 28.7 Å². The summed E-state index contributed by atoms with van der Waals surface area (Å²) in [6.07, 6.45) is -0.299. The lowest BCUT2D eigenvalue weighted by molar-refractivity contribution is -0.133. The van der Waals surface area contributed by atoms with E-state index in [1.807, 2.05) is 0 Å². The number of methoxy groups -OCH3 is 3. The van der Waals surface area contributed by atoms with E-state index in [2.05, 4.69) is 0 Å². The Morgan fingerprint density at radius 2 is 1.45 bits per heavy atom. The number of aliphatic hydroxyl groups is 1. The van der Waals surface area contributed by atoms with Gasteiger partial charge in [0.05, 0.1) is 39.5 Å². The van der Waals surface area contributed by atoms with Gasteiger partial charge in [-0.15, -0.1) is 0 Å². The van der Waals surface area contributed by atoms with Crippen LogP contribution in [0, 0.1) is 0 Å². The van der Waals surface area contributed by atoms with Gasteiger partial charge in [0.1, 0.15) is 0 Å². The molecule has 33 heavy (non-hydrogen) atoms. The van der Waals surface area contributed by atoms with Crippen LogP contribution in [0.5, 0.6) is 28.7 Å². The minimum absolute atomic E-state index is 0.0173. The Hall–Kier alpha value is -3.79. The number of carbonyl (C=O) groups is 3. The molecule has 2 heterocycles. The summed E-state index contributed by atoms with van der Waals surface area (Å²) < 4.78 is 26.4. The van der Waals surface area contributed by atoms with Gasteiger partial charge in [0, 0.05) is 6.42 Å². The molecule has 0 radical (unpaired) electrons. The summed E-state index contributed by atoms with van der Waals surface area (Å²) in [6.45, 7) is 0.410. The molecule has 10 nitrogen and oxygen atoms in total. The van der Waals surface area contributed by atoms with Crippen LogP contribution in [0.3, 0.4) is 0 Å². The first-order valence-electron chi connectivity index (χ1n) is 10.2. The third kappa shape index (κ3) is 3.62. The number of amides is 1. The quantitative estimate of drug-likeness (QED) is 0.593. The second-order valence-corrected chi connectivity index (χ2v) is 7.57. The van der Waals surface area contributed by atoms with Crippen molar-refractivity contribution in [1.29, 1.82) is 0 Å². The maximum Gasteiger partial charge on any atom is 0.298 e. The van der Waals surface area contributed by atoms with E-state index >= 15 is 0 Å². The normalized spacial score (nSPS) is 21.0. The van der Waals surface area contributed by atoms with Gasteiger partial charge in [0.25, 0.3) is 12.9 Å². The predicted molar refractivity (Wildman–Crippen MR) is 113 cm³/mol. The maximum absolute atomic E-state index is 12.9. The zero-order valence-electron chi connectivity index (χ0n) is 18.3. The van der Waals surface area contributed by atoms with E-state index in [4.69, 9.17) is 23.7 Å². The summed E-state index contributed by atoms with van der Waals surface area (Å²) in [5.41, 5.74) is 1.61. The summed E-state index contributed by atoms with van der Waals surface area (Å²) in [4.78, 5) is 36.6. The van der Waals surface area contributed by atoms with Crippen molar-refractivity contribution in [3.63, 3.8) is 0 Å². The van der Waals surface area contributed by atoms with Crippen molar-refractivity contribution in [2.75, 3.05) is 21.3 Å². The number of hydrogen-bond acceptors (Lipinski definition) is 9. The Morgan fingerprint density at radius 1 is 0.879 bits per heavy atom. The van der Waals surface area contributed by atoms with E-state index < -0.39 is 18.2 Å². The van der Waals surface area contributed by atoms with Crippen molar-refractivity contribution in [3.05, 3.63) is 41.0 Å². The van der Waals surface area contributed by atoms with Crippen LogP contribution in [-0.4, -0.2) is 56.2 Å². The van der Waals surface area contributed by atoms with E-state index in [-0.39, 0.29) is 36.8 Å². The monoisotopic (exact) mass is 457 g/mol. The fourth-order valence-electron chi connectivity index (χ4n) is 4.70. The van der Waals surface area contributed by atoms with Gasteiger partial charge in [0.15, 0.2) is 23.0 Å². The van der Waals surface area contributed by atoms with Gasteiger partial charge in [0.2, 0.25) is 11.7 Å². The minimum Gasteiger partial charge on any atom is -0.493 e. The smallest absolute Gasteiger partial charge is 0.298 e. The molecule has 0 unspecified atom stereocenters. The molecule has 0 saturated carbocycles. The zero-order chi connectivity index (χ0) is 23.7. The van der Waals surface area contributed by atoms with E-state index in [9.17, 15) is 19.5 Å². The lowest BCUT2D eigenvalue weighted by Crippen LogP contribution is -2.44. The predicted octanol–water partition coefficient (Wildman–Crippen LogP) is 1.91. The highest BCUT2D eigenvalue weighted by atomic mass is 16.6. The molecule has 1 fully saturated rings. The van der Waals surface area contributed by atoms with E-state index in [1.54, 1.807) is 17.0 Å². The molecule has 0 aromatic heterocycles. The number of hydrogen-bond donors (Lipinski definition) is 1. The first kappa shape index (κ1) is 22.4. The summed E-state index contributed by atoms with van der Waals surface area (Å²) in [6, 6.07) is 5.26. The second kappa shape index (κ2) is 8.99. The Morgan fingerprint density at radius 3 is 1.97 bits per heavy atom. The van der Waals surface area contributed by atoms with Crippen LogP contribution in [-0.2, 0) is 14.4 Å². The standard InChI is InChI=1S/C23H23NO9/c1-29-18-6-12(7-19(30-2)23(18)31-3)21-13-8-16(32-10-25)17(33-11-26)9-14(13)22(28)15-4-5-20(27)24(15)21/h6-11,15,21-22,28H,4-5H2,1-3H3/t15-,21-,22+/m1/s1. The first-order valence-corrected chi connectivity index (χ1v) is 10.2. The Kier molecular flexibility index (Phi) is 6.10. The zero-order valence-corrected chi connectivity index (χ0v) is 18.3. The van der Waals surface area contributed by atoms with Gasteiger partial charge in [-0.1, -0.05) is 0 Å². The van der Waals surface area contributed by atoms with Crippen LogP contribution < -0.4 is 23.7 Å². The highest BCUT2D eigenvalue weighted by Gasteiger charge is 2.47. The largest absolute Gasteiger partial charge is 0.493 e. The van der Waals surface area contributed by atoms with Gasteiger partial charge >= 0.3 is 0 Å². The molecular weight excluding hydrogens is 434 g/mol. The molecular formula is C23H23NO9. The molecule has 0 bridgehead atoms. The molecule has 4 rings (SSSR count). The molecule has 1 N–H and O–H groups in total. The van der Waals surface area contributed by atoms with Gasteiger partial charge < -0.3 is 33.7 Å². The van der Waals surface area contributed by atoms with Crippen LogP contribution in [0.1, 0.15) is 41.7 Å². The third-order valence-electron chi connectivity index (χ3n) is 6.06. The average Bonchev–Trinajstić information content (AvgIpc) is 3.21. The van der Waals surface area contributed by atoms with Crippen molar-refractivity contribution in [2.24, 2.45) is 0 Å². The van der Waals surface area contributed by atoms with Gasteiger partial charge in [-0.3, -0.25) is 14.4 Å². The van der Waals surface area contributed by atoms with Gasteiger partial charge in [-0.2, -0.15) is 0 Å². The molecule has 1 amide bonds. The second-order valence-electron chi connectivity index (χ2n) is 7.57. The highest BCUT2D eigenvalue weighted by molar-refractivity contribution is 5.81. The number of benzene rings is 2. The Balaban J connectivity index is 1.98. The van der Waals surface area contributed by atoms with Crippen LogP contribution in [0.15, 0.2) is 24.3 Å². The summed E-state index contributed by atoms with van der Waals surface area (Å²) in [5, 5.41) is 11.1. The lowest BCUT2D eigenvalue weighted by atomic mass is 9.83. The Bertz CT molecular complexity index is 1070. The molecule has 2 aliphatic rings. The SMILES string of the molecule is COc1cc([C@@H]2c3cc(OC=O)c(OC=O)cc3[C@H](O)[C@H]3CCC(=O)N23)cc(OC)c1OC. The van der Waals surface area contributed by atoms with Gasteiger partial charge in [-0.05, 0) is 47.4 Å². The maximum atomic E-state index is 12.9. The molecule has 2 aliphatic heterocycles. The van der Waals surface area contributed by atoms with E-state index in [0.29, 0.717) is 40.4 Å². The summed E-state index contributed by atoms with van der Waals surface area (Å²) in [5.74, 6) is 1.02. The van der Waals surface area contributed by atoms with E-state index in [0.717, 1.165) is 0 Å². The van der Waals surface area contributed by atoms with Crippen molar-refractivity contribution in [2.45, 2.75) is 31.0 Å². The molecule has 2 aromatic carbocycles. The van der Waals surface area contributed by atoms with Crippen LogP contribution in [0.25, 0.3) is 0 Å². The molecule has 10 heteroatoms. The number of rotatable bonds is 8. The highest BCUT2D eigenvalue weighted by Crippen LogP contribution is 2.51. The lowest BCUT2D eigenvalue weighted by Gasteiger charge is -2.42. The molecule has 1 saturated heterocycles. The molecule has 174 valence electrons. The number of ether oxygens (including phenoxy) is 5. The number of fused-ring (bicyclic) bond motifs is 2. The average molecular weight is 457 g/mol. The van der Waals surface area contributed by atoms with Crippen molar-refractivity contribution in [1.82, 2.24) is 4.90 Å². The molecule has 0 spiro atoms. The molecule has 2 aromatic rings. The minimum atomic E-state index is -1.02. The van der Waals surface area contributed by atoms with Crippen LogP contribution in [0.2, 0.25) is 0 Å². The first-order chi connectivity index (χ1) is 16.0. The number of nitrogens with zero attached hydrogens (tertiary/aromatic N) is 1. The summed E-state index contributed by atoms with van der Waals surface area (Å²) >= 11 is 0. The fourth-order valence-corrected chi connectivity index (χ4v) is 4.70. The summed E-state index contributed by atoms with van der Waals surface area (Å²) in [7, 11) is 4.47.